The van der Waals surface area contributed by atoms with Crippen molar-refractivity contribution in [3.05, 3.63) is 107 Å². The van der Waals surface area contributed by atoms with Crippen LogP contribution in [0, 0.1) is 0 Å². The summed E-state index contributed by atoms with van der Waals surface area (Å²) in [6.45, 7) is 0. The summed E-state index contributed by atoms with van der Waals surface area (Å²) in [5.74, 6) is 2.22. The van der Waals surface area contributed by atoms with Gasteiger partial charge in [-0.05, 0) is 36.4 Å². The van der Waals surface area contributed by atoms with Crippen LogP contribution in [0.3, 0.4) is 0 Å². The molecule has 4 aromatic carbocycles. The van der Waals surface area contributed by atoms with Crippen molar-refractivity contribution < 1.29 is 28.5 Å². The van der Waals surface area contributed by atoms with Crippen molar-refractivity contribution in [3.63, 3.8) is 0 Å². The van der Waals surface area contributed by atoms with Gasteiger partial charge in [-0.15, -0.1) is 0 Å². The highest BCUT2D eigenvalue weighted by atomic mass is 16.5. The van der Waals surface area contributed by atoms with Gasteiger partial charge < -0.3 is 18.9 Å². The van der Waals surface area contributed by atoms with Crippen LogP contribution in [-0.2, 0) is 0 Å². The summed E-state index contributed by atoms with van der Waals surface area (Å²) in [5, 5.41) is 0. The molecule has 6 nitrogen and oxygen atoms in total. The maximum Gasteiger partial charge on any atom is 0.198 e. The van der Waals surface area contributed by atoms with Gasteiger partial charge in [-0.3, -0.25) is 9.59 Å². The molecule has 0 saturated heterocycles. The molecule has 34 heavy (non-hydrogen) atoms. The quantitative estimate of drug-likeness (QED) is 0.312. The van der Waals surface area contributed by atoms with Crippen LogP contribution in [0.25, 0.3) is 0 Å². The Hall–Kier alpha value is -4.58. The minimum atomic E-state index is -0.306. The van der Waals surface area contributed by atoms with Gasteiger partial charge >= 0.3 is 0 Å². The Morgan fingerprint density at radius 1 is 0.500 bits per heavy atom. The normalized spacial score (nSPS) is 11.9. The highest BCUT2D eigenvalue weighted by Gasteiger charge is 2.35. The van der Waals surface area contributed by atoms with E-state index in [4.69, 9.17) is 18.9 Å². The lowest BCUT2D eigenvalue weighted by Gasteiger charge is -2.22. The molecule has 5 rings (SSSR count). The summed E-state index contributed by atoms with van der Waals surface area (Å²) in [5.41, 5.74) is 0.974. The van der Waals surface area contributed by atoms with E-state index >= 15 is 0 Å². The Morgan fingerprint density at radius 3 is 1.29 bits per heavy atom. The maximum atomic E-state index is 13.6. The fraction of sp³-hybridized carbons (Fsp3) is 0.0714. The van der Waals surface area contributed by atoms with Crippen LogP contribution >= 0.6 is 0 Å². The number of rotatable bonds is 6. The zero-order chi connectivity index (χ0) is 23.7. The first-order valence-electron chi connectivity index (χ1n) is 10.6. The first kappa shape index (κ1) is 21.3. The van der Waals surface area contributed by atoms with Crippen LogP contribution < -0.4 is 18.9 Å². The smallest absolute Gasteiger partial charge is 0.198 e. The highest BCUT2D eigenvalue weighted by molar-refractivity contribution is 6.30. The summed E-state index contributed by atoms with van der Waals surface area (Å²) >= 11 is 0. The molecule has 0 N–H and O–H groups in total. The van der Waals surface area contributed by atoms with E-state index in [2.05, 4.69) is 0 Å². The van der Waals surface area contributed by atoms with Crippen LogP contribution in [0.1, 0.15) is 31.8 Å². The van der Waals surface area contributed by atoms with Crippen molar-refractivity contribution in [3.8, 4) is 34.5 Å². The first-order chi connectivity index (χ1) is 16.6. The van der Waals surface area contributed by atoms with Gasteiger partial charge in [-0.25, -0.2) is 0 Å². The van der Waals surface area contributed by atoms with Crippen LogP contribution in [0.2, 0.25) is 0 Å². The lowest BCUT2D eigenvalue weighted by Crippen LogP contribution is -2.22. The number of methoxy groups -OCH3 is 2. The van der Waals surface area contributed by atoms with E-state index in [0.717, 1.165) is 0 Å². The Bertz CT molecular complexity index is 1310. The molecule has 1 aliphatic rings. The molecule has 0 aromatic heterocycles. The third kappa shape index (κ3) is 3.75. The van der Waals surface area contributed by atoms with Crippen molar-refractivity contribution in [2.75, 3.05) is 14.2 Å². The average Bonchev–Trinajstić information content (AvgIpc) is 2.87. The second kappa shape index (κ2) is 8.75. The van der Waals surface area contributed by atoms with Crippen LogP contribution in [0.15, 0.2) is 84.9 Å². The van der Waals surface area contributed by atoms with E-state index in [-0.39, 0.29) is 33.8 Å². The molecule has 168 valence electrons. The molecule has 0 fully saturated rings. The van der Waals surface area contributed by atoms with Crippen molar-refractivity contribution in [2.24, 2.45) is 0 Å². The molecule has 0 unspecified atom stereocenters. The van der Waals surface area contributed by atoms with E-state index in [1.54, 1.807) is 99.1 Å². The number of ether oxygens (including phenoxy) is 4. The molecule has 6 heteroatoms. The van der Waals surface area contributed by atoms with Gasteiger partial charge in [-0.1, -0.05) is 36.4 Å². The van der Waals surface area contributed by atoms with E-state index in [1.165, 1.54) is 0 Å². The minimum absolute atomic E-state index is 0.223. The summed E-state index contributed by atoms with van der Waals surface area (Å²) < 4.78 is 22.5. The largest absolute Gasteiger partial charge is 0.497 e. The molecule has 0 bridgehead atoms. The Morgan fingerprint density at radius 2 is 0.882 bits per heavy atom. The molecule has 0 aliphatic heterocycles. The zero-order valence-electron chi connectivity index (χ0n) is 18.5. The molecular formula is C28H20O6. The van der Waals surface area contributed by atoms with Gasteiger partial charge in [-0.2, -0.15) is 0 Å². The van der Waals surface area contributed by atoms with Gasteiger partial charge in [0.2, 0.25) is 0 Å². The number of fused-ring (bicyclic) bond motifs is 2. The molecule has 0 saturated carbocycles. The first-order valence-corrected chi connectivity index (χ1v) is 10.6. The van der Waals surface area contributed by atoms with Crippen molar-refractivity contribution >= 4 is 11.6 Å². The van der Waals surface area contributed by atoms with Gasteiger partial charge in [0.15, 0.2) is 11.6 Å². The van der Waals surface area contributed by atoms with Gasteiger partial charge in [0.1, 0.15) is 34.5 Å². The summed E-state index contributed by atoms with van der Waals surface area (Å²) in [6.07, 6.45) is 0. The molecule has 4 aromatic rings. The Kier molecular flexibility index (Phi) is 5.47. The number of carbonyl (C=O) groups is 2. The zero-order valence-corrected chi connectivity index (χ0v) is 18.5. The molecule has 1 aliphatic carbocycles. The van der Waals surface area contributed by atoms with Crippen molar-refractivity contribution in [1.82, 2.24) is 0 Å². The molecule has 0 heterocycles. The fourth-order valence-electron chi connectivity index (χ4n) is 3.93. The fourth-order valence-corrected chi connectivity index (χ4v) is 3.93. The molecule has 0 radical (unpaired) electrons. The van der Waals surface area contributed by atoms with E-state index in [0.29, 0.717) is 34.5 Å². The van der Waals surface area contributed by atoms with Crippen LogP contribution in [0.5, 0.6) is 34.5 Å². The standard InChI is InChI=1S/C28H20O6/c1-31-17-7-3-9-19(15-17)33-23-13-5-11-21-25(23)27(29)22-12-6-14-24(26(22)28(21)30)34-20-10-4-8-18(16-20)32-2/h3-16H,1-2H3. The van der Waals surface area contributed by atoms with Crippen LogP contribution in [0.4, 0.5) is 0 Å². The van der Waals surface area contributed by atoms with E-state index < -0.39 is 0 Å². The molecule has 0 amide bonds. The Balaban J connectivity index is 1.55. The summed E-state index contributed by atoms with van der Waals surface area (Å²) in [4.78, 5) is 27.1. The Labute approximate surface area is 196 Å². The van der Waals surface area contributed by atoms with E-state index in [9.17, 15) is 9.59 Å². The number of hydrogen-bond acceptors (Lipinski definition) is 6. The molecular weight excluding hydrogens is 432 g/mol. The lowest BCUT2D eigenvalue weighted by atomic mass is 9.83. The monoisotopic (exact) mass is 452 g/mol. The second-order valence-corrected chi connectivity index (χ2v) is 7.58. The SMILES string of the molecule is COc1cccc(Oc2cccc3c2C(=O)c2cccc(Oc4cccc(OC)c4)c2C3=O)c1. The summed E-state index contributed by atoms with van der Waals surface area (Å²) in [7, 11) is 3.13. The number of carbonyl (C=O) groups excluding carboxylic acids is 2. The molecule has 0 atom stereocenters. The average molecular weight is 452 g/mol. The molecule has 0 spiro atoms. The third-order valence-electron chi connectivity index (χ3n) is 5.53. The van der Waals surface area contributed by atoms with Crippen molar-refractivity contribution in [1.29, 1.82) is 0 Å². The van der Waals surface area contributed by atoms with Gasteiger partial charge in [0, 0.05) is 23.3 Å². The topological polar surface area (TPSA) is 71.1 Å². The highest BCUT2D eigenvalue weighted by Crippen LogP contribution is 2.40. The third-order valence-corrected chi connectivity index (χ3v) is 5.53. The van der Waals surface area contributed by atoms with Gasteiger partial charge in [0.25, 0.3) is 0 Å². The maximum absolute atomic E-state index is 13.6. The number of ketones is 2. The number of benzene rings is 4. The van der Waals surface area contributed by atoms with E-state index in [1.807, 2.05) is 0 Å². The van der Waals surface area contributed by atoms with Gasteiger partial charge in [0.05, 0.1) is 25.3 Å². The lowest BCUT2D eigenvalue weighted by molar-refractivity contribution is 0.0975. The summed E-state index contributed by atoms with van der Waals surface area (Å²) in [6, 6.07) is 24.1. The van der Waals surface area contributed by atoms with Crippen molar-refractivity contribution in [2.45, 2.75) is 0 Å². The predicted octanol–water partition coefficient (Wildman–Crippen LogP) is 6.06. The second-order valence-electron chi connectivity index (χ2n) is 7.58. The van der Waals surface area contributed by atoms with Crippen LogP contribution in [-0.4, -0.2) is 25.8 Å². The minimum Gasteiger partial charge on any atom is -0.497 e. The number of hydrogen-bond donors (Lipinski definition) is 0. The predicted molar refractivity (Wildman–Crippen MR) is 126 cm³/mol.